The van der Waals surface area contributed by atoms with Gasteiger partial charge in [-0.05, 0) is 43.5 Å². The summed E-state index contributed by atoms with van der Waals surface area (Å²) in [6.07, 6.45) is 5.29. The van der Waals surface area contributed by atoms with Crippen LogP contribution in [0.4, 0.5) is 4.39 Å². The maximum Gasteiger partial charge on any atom is 0.252 e. The lowest BCUT2D eigenvalue weighted by atomic mass is 10.1. The SMILES string of the molecule is COc1ncnc(C2CC2)c1-c1ncc2ccc(=O)n(Cc3ccc(-c4nc(C)ccc4F)cc3)c2n1. The second-order valence-corrected chi connectivity index (χ2v) is 9.13. The molecule has 1 aliphatic rings. The van der Waals surface area contributed by atoms with Crippen molar-refractivity contribution in [2.75, 3.05) is 7.11 Å². The van der Waals surface area contributed by atoms with Gasteiger partial charge in [-0.25, -0.2) is 24.3 Å². The fourth-order valence-corrected chi connectivity index (χ4v) is 4.45. The Balaban J connectivity index is 1.41. The Morgan fingerprint density at radius 3 is 2.57 bits per heavy atom. The number of methoxy groups -OCH3 is 1. The van der Waals surface area contributed by atoms with Gasteiger partial charge >= 0.3 is 0 Å². The second kappa shape index (κ2) is 9.16. The Morgan fingerprint density at radius 1 is 1.00 bits per heavy atom. The molecule has 4 heterocycles. The largest absolute Gasteiger partial charge is 0.480 e. The molecule has 0 N–H and O–H groups in total. The molecule has 0 unspecified atom stereocenters. The Bertz CT molecular complexity index is 1700. The van der Waals surface area contributed by atoms with Crippen LogP contribution in [-0.2, 0) is 6.54 Å². The van der Waals surface area contributed by atoms with Crippen LogP contribution in [0, 0.1) is 12.7 Å². The first kappa shape index (κ1) is 22.9. The summed E-state index contributed by atoms with van der Waals surface area (Å²) in [7, 11) is 1.56. The van der Waals surface area contributed by atoms with Crippen LogP contribution in [0.15, 0.2) is 65.8 Å². The summed E-state index contributed by atoms with van der Waals surface area (Å²) in [5.41, 5.74) is 4.42. The third-order valence-corrected chi connectivity index (χ3v) is 6.50. The maximum absolute atomic E-state index is 14.3. The summed E-state index contributed by atoms with van der Waals surface area (Å²) in [6, 6.07) is 13.6. The average Bonchev–Trinajstić information content (AvgIpc) is 3.77. The van der Waals surface area contributed by atoms with Crippen LogP contribution in [0.25, 0.3) is 33.7 Å². The topological polar surface area (TPSA) is 95.7 Å². The molecule has 0 spiro atoms. The Labute approximate surface area is 211 Å². The van der Waals surface area contributed by atoms with E-state index in [-0.39, 0.29) is 17.9 Å². The normalized spacial score (nSPS) is 13.2. The minimum absolute atomic E-state index is 0.189. The minimum Gasteiger partial charge on any atom is -0.480 e. The van der Waals surface area contributed by atoms with E-state index in [2.05, 4.69) is 19.9 Å². The van der Waals surface area contributed by atoms with E-state index in [1.165, 1.54) is 18.5 Å². The van der Waals surface area contributed by atoms with Crippen molar-refractivity contribution in [2.24, 2.45) is 0 Å². The number of aromatic nitrogens is 6. The molecule has 1 aromatic carbocycles. The first-order chi connectivity index (χ1) is 18.0. The van der Waals surface area contributed by atoms with Crippen LogP contribution >= 0.6 is 0 Å². The lowest BCUT2D eigenvalue weighted by Gasteiger charge is -2.13. The first-order valence-electron chi connectivity index (χ1n) is 12.0. The van der Waals surface area contributed by atoms with Gasteiger partial charge in [0, 0.05) is 34.8 Å². The van der Waals surface area contributed by atoms with E-state index in [9.17, 15) is 9.18 Å². The number of benzene rings is 1. The highest BCUT2D eigenvalue weighted by Crippen LogP contribution is 2.44. The predicted molar refractivity (Wildman–Crippen MR) is 137 cm³/mol. The standard InChI is InChI=1S/C28H23FN6O2/c1-16-3-11-21(29)24(33-16)18-6-4-17(5-7-18)14-35-22(36)12-10-20-13-30-26(34-27(20)35)23-25(19-8-9-19)31-15-32-28(23)37-2/h3-7,10-13,15,19H,8-9,14H2,1-2H3. The molecule has 9 heteroatoms. The monoisotopic (exact) mass is 494 g/mol. The summed E-state index contributed by atoms with van der Waals surface area (Å²) < 4.78 is 21.4. The van der Waals surface area contributed by atoms with Gasteiger partial charge in [0.05, 0.1) is 19.3 Å². The summed E-state index contributed by atoms with van der Waals surface area (Å²) in [4.78, 5) is 35.4. The number of rotatable bonds is 6. The molecule has 8 nitrogen and oxygen atoms in total. The minimum atomic E-state index is -0.376. The number of nitrogens with zero attached hydrogens (tertiary/aromatic N) is 6. The summed E-state index contributed by atoms with van der Waals surface area (Å²) in [5.74, 6) is 0.783. The van der Waals surface area contributed by atoms with Crippen molar-refractivity contribution in [1.29, 1.82) is 0 Å². The van der Waals surface area contributed by atoms with Crippen LogP contribution in [0.3, 0.4) is 0 Å². The molecule has 184 valence electrons. The fourth-order valence-electron chi connectivity index (χ4n) is 4.45. The lowest BCUT2D eigenvalue weighted by Crippen LogP contribution is -2.21. The van der Waals surface area contributed by atoms with E-state index in [1.54, 1.807) is 30.0 Å². The van der Waals surface area contributed by atoms with Gasteiger partial charge in [-0.15, -0.1) is 0 Å². The van der Waals surface area contributed by atoms with E-state index in [0.29, 0.717) is 40.1 Å². The van der Waals surface area contributed by atoms with E-state index >= 15 is 0 Å². The molecule has 0 amide bonds. The number of fused-ring (bicyclic) bond motifs is 1. The zero-order valence-corrected chi connectivity index (χ0v) is 20.3. The quantitative estimate of drug-likeness (QED) is 0.338. The number of hydrogen-bond acceptors (Lipinski definition) is 7. The molecule has 0 saturated heterocycles. The summed E-state index contributed by atoms with van der Waals surface area (Å²) >= 11 is 0. The number of hydrogen-bond donors (Lipinski definition) is 0. The molecule has 0 atom stereocenters. The molecule has 1 fully saturated rings. The van der Waals surface area contributed by atoms with Crippen LogP contribution in [0.5, 0.6) is 5.88 Å². The average molecular weight is 495 g/mol. The molecule has 37 heavy (non-hydrogen) atoms. The third-order valence-electron chi connectivity index (χ3n) is 6.50. The zero-order valence-electron chi connectivity index (χ0n) is 20.3. The van der Waals surface area contributed by atoms with Crippen molar-refractivity contribution in [3.63, 3.8) is 0 Å². The smallest absolute Gasteiger partial charge is 0.252 e. The van der Waals surface area contributed by atoms with Crippen molar-refractivity contribution >= 4 is 11.0 Å². The predicted octanol–water partition coefficient (Wildman–Crippen LogP) is 4.69. The van der Waals surface area contributed by atoms with Gasteiger partial charge in [-0.3, -0.25) is 14.3 Å². The molecule has 0 bridgehead atoms. The molecular formula is C28H23FN6O2. The molecule has 4 aromatic heterocycles. The molecule has 1 aliphatic carbocycles. The van der Waals surface area contributed by atoms with Crippen molar-refractivity contribution in [3.05, 3.63) is 94.2 Å². The number of aryl methyl sites for hydroxylation is 1. The highest BCUT2D eigenvalue weighted by atomic mass is 19.1. The lowest BCUT2D eigenvalue weighted by molar-refractivity contribution is 0.397. The maximum atomic E-state index is 14.3. The van der Waals surface area contributed by atoms with Crippen LogP contribution in [0.1, 0.15) is 35.7 Å². The number of ether oxygens (including phenoxy) is 1. The van der Waals surface area contributed by atoms with Crippen LogP contribution < -0.4 is 10.3 Å². The molecular weight excluding hydrogens is 471 g/mol. The molecule has 0 aliphatic heterocycles. The highest BCUT2D eigenvalue weighted by Gasteiger charge is 2.31. The fraction of sp³-hybridized carbons (Fsp3) is 0.214. The van der Waals surface area contributed by atoms with Gasteiger partial charge < -0.3 is 4.74 Å². The van der Waals surface area contributed by atoms with Gasteiger partial charge in [0.1, 0.15) is 29.0 Å². The van der Waals surface area contributed by atoms with Gasteiger partial charge in [-0.1, -0.05) is 24.3 Å². The van der Waals surface area contributed by atoms with Crippen LogP contribution in [-0.4, -0.2) is 36.6 Å². The molecule has 5 aromatic rings. The summed E-state index contributed by atoms with van der Waals surface area (Å²) in [5, 5.41) is 0.731. The van der Waals surface area contributed by atoms with Crippen molar-refractivity contribution in [1.82, 2.24) is 29.5 Å². The van der Waals surface area contributed by atoms with E-state index < -0.39 is 0 Å². The van der Waals surface area contributed by atoms with Crippen molar-refractivity contribution < 1.29 is 9.13 Å². The van der Waals surface area contributed by atoms with Gasteiger partial charge in [0.2, 0.25) is 5.88 Å². The molecule has 0 radical (unpaired) electrons. The van der Waals surface area contributed by atoms with Crippen molar-refractivity contribution in [3.8, 4) is 28.5 Å². The van der Waals surface area contributed by atoms with E-state index in [1.807, 2.05) is 31.2 Å². The van der Waals surface area contributed by atoms with Crippen molar-refractivity contribution in [2.45, 2.75) is 32.2 Å². The zero-order chi connectivity index (χ0) is 25.5. The third kappa shape index (κ3) is 4.33. The van der Waals surface area contributed by atoms with Gasteiger partial charge in [-0.2, -0.15) is 0 Å². The first-order valence-corrected chi connectivity index (χ1v) is 12.0. The van der Waals surface area contributed by atoms with Gasteiger partial charge in [0.15, 0.2) is 5.82 Å². The van der Waals surface area contributed by atoms with Crippen LogP contribution in [0.2, 0.25) is 0 Å². The van der Waals surface area contributed by atoms with E-state index in [4.69, 9.17) is 9.72 Å². The van der Waals surface area contributed by atoms with E-state index in [0.717, 1.165) is 35.2 Å². The number of halogens is 1. The number of pyridine rings is 2. The van der Waals surface area contributed by atoms with Gasteiger partial charge in [0.25, 0.3) is 5.56 Å². The second-order valence-electron chi connectivity index (χ2n) is 9.13. The summed E-state index contributed by atoms with van der Waals surface area (Å²) in [6.45, 7) is 2.11. The Morgan fingerprint density at radius 2 is 1.81 bits per heavy atom. The molecule has 1 saturated carbocycles. The molecule has 6 rings (SSSR count). The Kier molecular flexibility index (Phi) is 5.67. The Hall–Kier alpha value is -4.53. The highest BCUT2D eigenvalue weighted by molar-refractivity contribution is 5.78.